The normalized spacial score (nSPS) is 48.7. The van der Waals surface area contributed by atoms with Gasteiger partial charge in [-0.3, -0.25) is 4.55 Å². The third-order valence-electron chi connectivity index (χ3n) is 11.3. The van der Waals surface area contributed by atoms with E-state index in [9.17, 15) is 33.4 Å². The first kappa shape index (κ1) is 28.7. The molecule has 0 amide bonds. The SMILES string of the molecule is CC(C)C(CC[C@@H](C)[C@H]1C[C@H](O)[C@@H]2[C@]1(C)CC[C@@H]1[C@@]3(C)CC[C@H](O)C[C@@H]3[C@@H](O)C[C@]12O)OS(=O)(=O)O. The molecule has 0 spiro atoms. The lowest BCUT2D eigenvalue weighted by atomic mass is 9.42. The van der Waals surface area contributed by atoms with Gasteiger partial charge in [-0.25, -0.2) is 4.18 Å². The molecule has 4 saturated carbocycles. The lowest BCUT2D eigenvalue weighted by Crippen LogP contribution is -2.68. The maximum absolute atomic E-state index is 12.4. The van der Waals surface area contributed by atoms with Crippen molar-refractivity contribution in [3.05, 3.63) is 0 Å². The topological polar surface area (TPSA) is 145 Å². The highest BCUT2D eigenvalue weighted by molar-refractivity contribution is 7.80. The van der Waals surface area contributed by atoms with E-state index >= 15 is 0 Å². The molecule has 0 aromatic rings. The van der Waals surface area contributed by atoms with E-state index in [4.69, 9.17) is 4.18 Å². The fourth-order valence-electron chi connectivity index (χ4n) is 9.68. The number of rotatable bonds is 7. The average molecular weight is 533 g/mol. The Bertz CT molecular complexity index is 909. The van der Waals surface area contributed by atoms with Crippen molar-refractivity contribution in [1.29, 1.82) is 0 Å². The Morgan fingerprint density at radius 2 is 1.58 bits per heavy atom. The molecular formula is C27H48O8S. The summed E-state index contributed by atoms with van der Waals surface area (Å²) in [6.45, 7) is 10.2. The molecule has 5 N–H and O–H groups in total. The molecule has 4 rings (SSSR count). The Morgan fingerprint density at radius 1 is 0.944 bits per heavy atom. The van der Waals surface area contributed by atoms with Crippen molar-refractivity contribution >= 4 is 10.4 Å². The van der Waals surface area contributed by atoms with Gasteiger partial charge in [0.1, 0.15) is 0 Å². The summed E-state index contributed by atoms with van der Waals surface area (Å²) >= 11 is 0. The summed E-state index contributed by atoms with van der Waals surface area (Å²) in [6, 6.07) is 0. The van der Waals surface area contributed by atoms with Gasteiger partial charge in [0, 0.05) is 12.3 Å². The van der Waals surface area contributed by atoms with E-state index < -0.39 is 40.4 Å². The Kier molecular flexibility index (Phi) is 7.75. The fourth-order valence-corrected chi connectivity index (χ4v) is 10.3. The van der Waals surface area contributed by atoms with Crippen molar-refractivity contribution in [1.82, 2.24) is 0 Å². The summed E-state index contributed by atoms with van der Waals surface area (Å²) in [5, 5.41) is 45.3. The van der Waals surface area contributed by atoms with Crippen molar-refractivity contribution in [2.45, 2.75) is 122 Å². The second-order valence-corrected chi connectivity index (χ2v) is 14.7. The summed E-state index contributed by atoms with van der Waals surface area (Å²) in [5.74, 6) is -0.203. The van der Waals surface area contributed by atoms with Crippen molar-refractivity contribution in [2.75, 3.05) is 0 Å². The van der Waals surface area contributed by atoms with E-state index in [1.54, 1.807) is 0 Å². The van der Waals surface area contributed by atoms with Crippen LogP contribution < -0.4 is 0 Å². The van der Waals surface area contributed by atoms with Gasteiger partial charge in [0.2, 0.25) is 0 Å². The van der Waals surface area contributed by atoms with Crippen molar-refractivity contribution in [3.63, 3.8) is 0 Å². The van der Waals surface area contributed by atoms with Crippen LogP contribution in [-0.2, 0) is 14.6 Å². The highest BCUT2D eigenvalue weighted by atomic mass is 32.3. The van der Waals surface area contributed by atoms with Crippen LogP contribution in [0.15, 0.2) is 0 Å². The lowest BCUT2D eigenvalue weighted by Gasteiger charge is -2.66. The van der Waals surface area contributed by atoms with E-state index in [0.29, 0.717) is 32.1 Å². The van der Waals surface area contributed by atoms with Crippen molar-refractivity contribution in [3.8, 4) is 0 Å². The maximum atomic E-state index is 12.4. The average Bonchev–Trinajstić information content (AvgIpc) is 3.02. The number of aliphatic hydroxyl groups excluding tert-OH is 3. The number of hydrogen-bond acceptors (Lipinski definition) is 7. The van der Waals surface area contributed by atoms with Gasteiger partial charge in [-0.15, -0.1) is 0 Å². The van der Waals surface area contributed by atoms with E-state index in [1.807, 2.05) is 13.8 Å². The summed E-state index contributed by atoms with van der Waals surface area (Å²) in [7, 11) is -4.53. The van der Waals surface area contributed by atoms with E-state index in [-0.39, 0.29) is 52.8 Å². The Hall–Kier alpha value is -0.290. The summed E-state index contributed by atoms with van der Waals surface area (Å²) < 4.78 is 36.7. The number of aliphatic hydroxyl groups is 4. The monoisotopic (exact) mass is 532 g/mol. The zero-order chi connectivity index (χ0) is 26.8. The molecule has 210 valence electrons. The molecule has 0 aromatic heterocycles. The van der Waals surface area contributed by atoms with E-state index in [0.717, 1.165) is 19.3 Å². The molecule has 0 aromatic carbocycles. The molecule has 1 unspecified atom stereocenters. The van der Waals surface area contributed by atoms with Gasteiger partial charge in [0.05, 0.1) is 30.0 Å². The first-order valence-electron chi connectivity index (χ1n) is 13.9. The molecular weight excluding hydrogens is 484 g/mol. The molecule has 0 radical (unpaired) electrons. The smallest absolute Gasteiger partial charge is 0.393 e. The minimum Gasteiger partial charge on any atom is -0.393 e. The zero-order valence-electron chi connectivity index (χ0n) is 22.5. The van der Waals surface area contributed by atoms with Gasteiger partial charge in [-0.1, -0.05) is 34.6 Å². The molecule has 4 aliphatic rings. The molecule has 0 heterocycles. The predicted molar refractivity (Wildman–Crippen MR) is 135 cm³/mol. The minimum absolute atomic E-state index is 0.0267. The Labute approximate surface area is 216 Å². The molecule has 0 bridgehead atoms. The highest BCUT2D eigenvalue weighted by Crippen LogP contribution is 2.69. The van der Waals surface area contributed by atoms with Crippen LogP contribution in [0, 0.1) is 46.3 Å². The third kappa shape index (κ3) is 4.80. The van der Waals surface area contributed by atoms with E-state index in [2.05, 4.69) is 20.8 Å². The quantitative estimate of drug-likeness (QED) is 0.314. The van der Waals surface area contributed by atoms with Gasteiger partial charge < -0.3 is 20.4 Å². The molecule has 36 heavy (non-hydrogen) atoms. The summed E-state index contributed by atoms with van der Waals surface area (Å²) in [6.07, 6.45) is 3.28. The molecule has 12 atom stereocenters. The van der Waals surface area contributed by atoms with Crippen LogP contribution in [0.3, 0.4) is 0 Å². The largest absolute Gasteiger partial charge is 0.397 e. The van der Waals surface area contributed by atoms with Gasteiger partial charge in [-0.2, -0.15) is 8.42 Å². The third-order valence-corrected chi connectivity index (χ3v) is 11.8. The first-order chi connectivity index (χ1) is 16.5. The molecule has 8 nitrogen and oxygen atoms in total. The molecule has 9 heteroatoms. The van der Waals surface area contributed by atoms with Crippen LogP contribution in [0.25, 0.3) is 0 Å². The number of hydrogen-bond donors (Lipinski definition) is 5. The molecule has 0 aliphatic heterocycles. The molecule has 4 aliphatic carbocycles. The van der Waals surface area contributed by atoms with Crippen LogP contribution in [0.1, 0.15) is 92.4 Å². The number of fused-ring (bicyclic) bond motifs is 5. The van der Waals surface area contributed by atoms with Crippen LogP contribution in [0.5, 0.6) is 0 Å². The maximum Gasteiger partial charge on any atom is 0.397 e. The van der Waals surface area contributed by atoms with Crippen LogP contribution in [-0.4, -0.2) is 63.4 Å². The summed E-state index contributed by atoms with van der Waals surface area (Å²) in [5.41, 5.74) is -1.74. The highest BCUT2D eigenvalue weighted by Gasteiger charge is 2.70. The van der Waals surface area contributed by atoms with Crippen molar-refractivity contribution in [2.24, 2.45) is 46.3 Å². The van der Waals surface area contributed by atoms with E-state index in [1.165, 1.54) is 0 Å². The van der Waals surface area contributed by atoms with Gasteiger partial charge in [0.25, 0.3) is 0 Å². The second kappa shape index (κ2) is 9.72. The van der Waals surface area contributed by atoms with Gasteiger partial charge in [-0.05, 0) is 91.8 Å². The summed E-state index contributed by atoms with van der Waals surface area (Å²) in [4.78, 5) is 0. The van der Waals surface area contributed by atoms with Gasteiger partial charge in [0.15, 0.2) is 0 Å². The van der Waals surface area contributed by atoms with Crippen LogP contribution in [0.4, 0.5) is 0 Å². The van der Waals surface area contributed by atoms with Crippen LogP contribution >= 0.6 is 0 Å². The Balaban J connectivity index is 1.55. The van der Waals surface area contributed by atoms with Crippen molar-refractivity contribution < 1.29 is 37.6 Å². The fraction of sp³-hybridized carbons (Fsp3) is 1.00. The lowest BCUT2D eigenvalue weighted by molar-refractivity contribution is -0.263. The van der Waals surface area contributed by atoms with Crippen LogP contribution in [0.2, 0.25) is 0 Å². The Morgan fingerprint density at radius 3 is 2.19 bits per heavy atom. The molecule has 4 fully saturated rings. The van der Waals surface area contributed by atoms with Gasteiger partial charge >= 0.3 is 10.4 Å². The molecule has 0 saturated heterocycles. The standard InChI is InChI=1S/C27H48O8S/c1-15(2)22(35-36(32,33)34)7-6-16(3)18-13-20(29)24-26(18,5)11-9-23-25(4)10-8-17(28)12-19(25)21(30)14-27(23,24)31/h15-24,28-31H,6-14H2,1-5H3,(H,32,33,34)/t16-,17+,18-,19-,20+,21+,22?,23-,24-,25+,26-,27+/m1/s1. The minimum atomic E-state index is -4.53. The second-order valence-electron chi connectivity index (χ2n) is 13.6. The first-order valence-corrected chi connectivity index (χ1v) is 15.3. The zero-order valence-corrected chi connectivity index (χ0v) is 23.3. The predicted octanol–water partition coefficient (Wildman–Crippen LogP) is 3.32.